The fourth-order valence-corrected chi connectivity index (χ4v) is 6.25. The van der Waals surface area contributed by atoms with Gasteiger partial charge in [0.05, 0.1) is 18.4 Å². The van der Waals surface area contributed by atoms with Crippen LogP contribution in [0.25, 0.3) is 11.4 Å². The smallest absolute Gasteiger partial charge is 0.341 e. The minimum atomic E-state index is -0.445. The third-order valence-electron chi connectivity index (χ3n) is 5.22. The number of methoxy groups -OCH3 is 1. The second-order valence-electron chi connectivity index (χ2n) is 7.31. The number of amides is 1. The molecule has 0 aliphatic rings. The van der Waals surface area contributed by atoms with Crippen molar-refractivity contribution in [2.45, 2.75) is 59.2 Å². The summed E-state index contributed by atoms with van der Waals surface area (Å²) < 4.78 is 6.98. The van der Waals surface area contributed by atoms with Crippen molar-refractivity contribution in [3.63, 3.8) is 0 Å². The fraction of sp³-hybridized carbons (Fsp3) is 0.455. The number of rotatable bonds is 9. The molecular formula is C22H28N4O3S3. The molecule has 0 aliphatic heterocycles. The van der Waals surface area contributed by atoms with Gasteiger partial charge in [-0.25, -0.2) is 4.79 Å². The van der Waals surface area contributed by atoms with E-state index in [1.807, 2.05) is 13.8 Å². The summed E-state index contributed by atoms with van der Waals surface area (Å²) in [5.74, 6) is 0.380. The van der Waals surface area contributed by atoms with Gasteiger partial charge in [0.1, 0.15) is 5.00 Å². The van der Waals surface area contributed by atoms with Crippen LogP contribution in [-0.4, -0.2) is 39.5 Å². The molecule has 32 heavy (non-hydrogen) atoms. The predicted octanol–water partition coefficient (Wildman–Crippen LogP) is 5.48. The monoisotopic (exact) mass is 492 g/mol. The molecule has 3 rings (SSSR count). The van der Waals surface area contributed by atoms with E-state index in [0.29, 0.717) is 10.6 Å². The Kier molecular flexibility index (Phi) is 8.13. The number of hydrogen-bond acceptors (Lipinski definition) is 8. The molecule has 0 unspecified atom stereocenters. The summed E-state index contributed by atoms with van der Waals surface area (Å²) in [5, 5.41) is 15.1. The van der Waals surface area contributed by atoms with E-state index in [1.165, 1.54) is 40.6 Å². The molecule has 0 aliphatic carbocycles. The molecule has 0 radical (unpaired) electrons. The van der Waals surface area contributed by atoms with Gasteiger partial charge in [-0.1, -0.05) is 25.6 Å². The third-order valence-corrected chi connectivity index (χ3v) is 8.27. The highest BCUT2D eigenvalue weighted by Gasteiger charge is 2.23. The number of aromatic nitrogens is 3. The standard InChI is InChI=1S/C22H28N4O3S3/c1-7-9-26-19(16-10-30-14(5)15(16)8-2)24-25-22(26)31-11-17(27)23-20-18(21(28)29-6)12(3)13(4)32-20/h10H,7-9,11H2,1-6H3,(H,23,27). The molecule has 0 bridgehead atoms. The topological polar surface area (TPSA) is 86.1 Å². The number of thiophene rings is 2. The maximum atomic E-state index is 12.7. The summed E-state index contributed by atoms with van der Waals surface area (Å²) in [7, 11) is 1.34. The van der Waals surface area contributed by atoms with Crippen LogP contribution in [0.4, 0.5) is 5.00 Å². The van der Waals surface area contributed by atoms with Crippen molar-refractivity contribution in [2.24, 2.45) is 0 Å². The summed E-state index contributed by atoms with van der Waals surface area (Å²) in [4.78, 5) is 27.1. The van der Waals surface area contributed by atoms with Crippen LogP contribution in [0.3, 0.4) is 0 Å². The Balaban J connectivity index is 1.78. The first-order chi connectivity index (χ1) is 15.3. The van der Waals surface area contributed by atoms with Crippen LogP contribution in [-0.2, 0) is 22.5 Å². The summed E-state index contributed by atoms with van der Waals surface area (Å²) in [5.41, 5.74) is 3.67. The average Bonchev–Trinajstić information content (AvgIpc) is 3.42. The van der Waals surface area contributed by atoms with Gasteiger partial charge in [-0.15, -0.1) is 32.9 Å². The second-order valence-corrected chi connectivity index (χ2v) is 10.6. The van der Waals surface area contributed by atoms with Crippen LogP contribution in [0.5, 0.6) is 0 Å². The zero-order valence-electron chi connectivity index (χ0n) is 19.2. The summed E-state index contributed by atoms with van der Waals surface area (Å²) in [6, 6.07) is 0. The van der Waals surface area contributed by atoms with Gasteiger partial charge >= 0.3 is 5.97 Å². The van der Waals surface area contributed by atoms with Crippen LogP contribution in [0, 0.1) is 20.8 Å². The van der Waals surface area contributed by atoms with E-state index < -0.39 is 5.97 Å². The van der Waals surface area contributed by atoms with E-state index in [0.717, 1.165) is 46.4 Å². The molecular weight excluding hydrogens is 464 g/mol. The number of anilines is 1. The fourth-order valence-electron chi connectivity index (χ4n) is 3.48. The van der Waals surface area contributed by atoms with Gasteiger partial charge in [-0.05, 0) is 44.7 Å². The molecule has 0 atom stereocenters. The highest BCUT2D eigenvalue weighted by atomic mass is 32.2. The molecule has 1 N–H and O–H groups in total. The Bertz CT molecular complexity index is 1130. The number of ether oxygens (including phenoxy) is 1. The van der Waals surface area contributed by atoms with Crippen LogP contribution >= 0.6 is 34.4 Å². The van der Waals surface area contributed by atoms with Crippen LogP contribution in [0.1, 0.15) is 51.5 Å². The Morgan fingerprint density at radius 1 is 1.19 bits per heavy atom. The molecule has 0 spiro atoms. The summed E-state index contributed by atoms with van der Waals surface area (Å²) in [6.07, 6.45) is 1.88. The SMILES string of the molecule is CCCn1c(SCC(=O)Nc2sc(C)c(C)c2C(=O)OC)nnc1-c1csc(C)c1CC. The van der Waals surface area contributed by atoms with E-state index in [9.17, 15) is 9.59 Å². The van der Waals surface area contributed by atoms with Gasteiger partial charge < -0.3 is 14.6 Å². The number of aryl methyl sites for hydroxylation is 2. The maximum absolute atomic E-state index is 12.7. The molecule has 10 heteroatoms. The van der Waals surface area contributed by atoms with Crippen LogP contribution in [0.15, 0.2) is 10.5 Å². The first-order valence-electron chi connectivity index (χ1n) is 10.4. The Morgan fingerprint density at radius 2 is 1.94 bits per heavy atom. The average molecular weight is 493 g/mol. The normalized spacial score (nSPS) is 11.1. The molecule has 1 amide bonds. The van der Waals surface area contributed by atoms with Gasteiger partial charge in [0.25, 0.3) is 0 Å². The lowest BCUT2D eigenvalue weighted by Gasteiger charge is -2.10. The number of nitrogens with one attached hydrogen (secondary N) is 1. The highest BCUT2D eigenvalue weighted by molar-refractivity contribution is 7.99. The van der Waals surface area contributed by atoms with E-state index in [1.54, 1.807) is 11.3 Å². The van der Waals surface area contributed by atoms with E-state index >= 15 is 0 Å². The van der Waals surface area contributed by atoms with E-state index in [-0.39, 0.29) is 11.7 Å². The first kappa shape index (κ1) is 24.5. The van der Waals surface area contributed by atoms with E-state index in [4.69, 9.17) is 4.74 Å². The van der Waals surface area contributed by atoms with Crippen LogP contribution < -0.4 is 5.32 Å². The van der Waals surface area contributed by atoms with Crippen molar-refractivity contribution in [3.8, 4) is 11.4 Å². The van der Waals surface area contributed by atoms with Crippen molar-refractivity contribution in [1.82, 2.24) is 14.8 Å². The zero-order chi connectivity index (χ0) is 23.4. The lowest BCUT2D eigenvalue weighted by molar-refractivity contribution is -0.113. The summed E-state index contributed by atoms with van der Waals surface area (Å²) in [6.45, 7) is 10.9. The second kappa shape index (κ2) is 10.6. The van der Waals surface area contributed by atoms with Gasteiger partial charge in [-0.3, -0.25) is 4.79 Å². The largest absolute Gasteiger partial charge is 0.465 e. The number of carbonyl (C=O) groups excluding carboxylic acids is 2. The molecule has 0 fully saturated rings. The van der Waals surface area contributed by atoms with Gasteiger partial charge in [-0.2, -0.15) is 0 Å². The van der Waals surface area contributed by atoms with Gasteiger partial charge in [0, 0.05) is 27.2 Å². The van der Waals surface area contributed by atoms with E-state index in [2.05, 4.69) is 46.2 Å². The number of carbonyl (C=O) groups is 2. The Labute approximate surface area is 200 Å². The van der Waals surface area contributed by atoms with Crippen molar-refractivity contribution in [3.05, 3.63) is 31.8 Å². The molecule has 3 heterocycles. The number of hydrogen-bond donors (Lipinski definition) is 1. The number of nitrogens with zero attached hydrogens (tertiary/aromatic N) is 3. The zero-order valence-corrected chi connectivity index (χ0v) is 21.6. The molecule has 0 aromatic carbocycles. The van der Waals surface area contributed by atoms with Crippen molar-refractivity contribution >= 4 is 51.3 Å². The minimum Gasteiger partial charge on any atom is -0.465 e. The predicted molar refractivity (Wildman–Crippen MR) is 132 cm³/mol. The molecule has 172 valence electrons. The molecule has 0 saturated carbocycles. The van der Waals surface area contributed by atoms with Crippen LogP contribution in [0.2, 0.25) is 0 Å². The maximum Gasteiger partial charge on any atom is 0.341 e. The summed E-state index contributed by atoms with van der Waals surface area (Å²) >= 11 is 4.46. The molecule has 7 nitrogen and oxygen atoms in total. The minimum absolute atomic E-state index is 0.168. The lowest BCUT2D eigenvalue weighted by atomic mass is 10.1. The third kappa shape index (κ3) is 4.92. The van der Waals surface area contributed by atoms with Crippen molar-refractivity contribution in [1.29, 1.82) is 0 Å². The Morgan fingerprint density at radius 3 is 2.59 bits per heavy atom. The number of thioether (sulfide) groups is 1. The highest BCUT2D eigenvalue weighted by Crippen LogP contribution is 2.34. The molecule has 3 aromatic heterocycles. The molecule has 3 aromatic rings. The van der Waals surface area contributed by atoms with Crippen molar-refractivity contribution in [2.75, 3.05) is 18.2 Å². The first-order valence-corrected chi connectivity index (χ1v) is 13.1. The lowest BCUT2D eigenvalue weighted by Crippen LogP contribution is -2.16. The number of esters is 1. The quantitative estimate of drug-likeness (QED) is 0.314. The molecule has 0 saturated heterocycles. The van der Waals surface area contributed by atoms with Crippen molar-refractivity contribution < 1.29 is 14.3 Å². The van der Waals surface area contributed by atoms with Gasteiger partial charge in [0.2, 0.25) is 5.91 Å². The van der Waals surface area contributed by atoms with Gasteiger partial charge in [0.15, 0.2) is 11.0 Å². The Hall–Kier alpha value is -2.17.